The predicted molar refractivity (Wildman–Crippen MR) is 89.3 cm³/mol. The van der Waals surface area contributed by atoms with Crippen LogP contribution >= 0.6 is 27.3 Å². The van der Waals surface area contributed by atoms with Gasteiger partial charge in [-0.3, -0.25) is 0 Å². The van der Waals surface area contributed by atoms with Crippen LogP contribution in [0.1, 0.15) is 60.3 Å². The Hall–Kier alpha value is -0.940. The summed E-state index contributed by atoms with van der Waals surface area (Å²) in [4.78, 5) is 15.9. The van der Waals surface area contributed by atoms with Gasteiger partial charge in [0, 0.05) is 10.4 Å². The highest BCUT2D eigenvalue weighted by molar-refractivity contribution is 9.10. The minimum absolute atomic E-state index is 0.286. The van der Waals surface area contributed by atoms with Gasteiger partial charge in [-0.05, 0) is 59.7 Å². The second-order valence-electron chi connectivity index (χ2n) is 5.78. The molecule has 0 spiro atoms. The monoisotopic (exact) mass is 367 g/mol. The number of halogens is 1. The topological polar surface area (TPSA) is 50.2 Å². The van der Waals surface area contributed by atoms with Gasteiger partial charge >= 0.3 is 5.97 Å². The maximum Gasteiger partial charge on any atom is 0.336 e. The number of hydrogen-bond donors (Lipinski definition) is 1. The first kappa shape index (κ1) is 15.0. The molecule has 1 aliphatic carbocycles. The van der Waals surface area contributed by atoms with E-state index >= 15 is 0 Å². The van der Waals surface area contributed by atoms with Crippen LogP contribution in [0.4, 0.5) is 0 Å². The number of nitrogens with zero attached hydrogens (tertiary/aromatic N) is 1. The number of benzene rings is 1. The molecule has 21 heavy (non-hydrogen) atoms. The number of aromatic nitrogens is 1. The molecule has 0 saturated heterocycles. The van der Waals surface area contributed by atoms with Crippen LogP contribution in [0.25, 0.3) is 10.2 Å². The fourth-order valence-corrected chi connectivity index (χ4v) is 4.95. The Labute approximate surface area is 136 Å². The van der Waals surface area contributed by atoms with Crippen LogP contribution in [-0.4, -0.2) is 16.1 Å². The molecule has 1 fully saturated rings. The zero-order chi connectivity index (χ0) is 15.0. The summed E-state index contributed by atoms with van der Waals surface area (Å²) in [5.41, 5.74) is 1.10. The summed E-state index contributed by atoms with van der Waals surface area (Å²) >= 11 is 5.05. The zero-order valence-electron chi connectivity index (χ0n) is 11.9. The molecule has 1 aromatic heterocycles. The second-order valence-corrected chi connectivity index (χ2v) is 7.70. The van der Waals surface area contributed by atoms with Crippen molar-refractivity contribution in [1.29, 1.82) is 0 Å². The lowest BCUT2D eigenvalue weighted by Crippen LogP contribution is -2.12. The van der Waals surface area contributed by atoms with E-state index in [9.17, 15) is 9.90 Å². The van der Waals surface area contributed by atoms with Crippen molar-refractivity contribution in [2.75, 3.05) is 0 Å². The first-order chi connectivity index (χ1) is 10.1. The minimum atomic E-state index is -0.915. The molecule has 5 heteroatoms. The molecule has 3 nitrogen and oxygen atoms in total. The number of fused-ring (bicyclic) bond motifs is 1. The van der Waals surface area contributed by atoms with Crippen LogP contribution < -0.4 is 0 Å². The predicted octanol–water partition coefficient (Wildman–Crippen LogP) is 5.44. The Morgan fingerprint density at radius 2 is 2.10 bits per heavy atom. The second kappa shape index (κ2) is 6.05. The van der Waals surface area contributed by atoms with Gasteiger partial charge < -0.3 is 5.11 Å². The average molecular weight is 368 g/mol. The molecule has 0 unspecified atom stereocenters. The summed E-state index contributed by atoms with van der Waals surface area (Å²) in [6.45, 7) is 2.27. The Bertz CT molecular complexity index is 674. The number of carbonyl (C=O) groups is 1. The van der Waals surface area contributed by atoms with Crippen LogP contribution in [0.3, 0.4) is 0 Å². The summed E-state index contributed by atoms with van der Waals surface area (Å²) in [5.74, 6) is 0.516. The van der Waals surface area contributed by atoms with Crippen LogP contribution in [0.15, 0.2) is 16.6 Å². The molecule has 1 aromatic carbocycles. The van der Waals surface area contributed by atoms with Crippen molar-refractivity contribution in [1.82, 2.24) is 4.98 Å². The van der Waals surface area contributed by atoms with E-state index in [0.717, 1.165) is 16.1 Å². The third-order valence-corrected chi connectivity index (χ3v) is 6.33. The summed E-state index contributed by atoms with van der Waals surface area (Å²) < 4.78 is 1.70. The van der Waals surface area contributed by atoms with Gasteiger partial charge in [-0.25, -0.2) is 9.78 Å². The van der Waals surface area contributed by atoms with Crippen LogP contribution in [0.5, 0.6) is 0 Å². The third kappa shape index (κ3) is 2.99. The number of carboxylic acid groups (broad SMARTS) is 1. The van der Waals surface area contributed by atoms with Crippen molar-refractivity contribution in [3.05, 3.63) is 27.2 Å². The van der Waals surface area contributed by atoms with Gasteiger partial charge in [-0.2, -0.15) is 0 Å². The molecule has 3 rings (SSSR count). The molecule has 0 atom stereocenters. The van der Waals surface area contributed by atoms with Crippen molar-refractivity contribution in [2.24, 2.45) is 5.92 Å². The highest BCUT2D eigenvalue weighted by Crippen LogP contribution is 2.40. The quantitative estimate of drug-likeness (QED) is 0.785. The zero-order valence-corrected chi connectivity index (χ0v) is 14.3. The van der Waals surface area contributed by atoms with Crippen molar-refractivity contribution in [3.63, 3.8) is 0 Å². The standard InChI is InChI=1S/C16H18BrNO2S/c1-2-9-3-5-10(6-4-9)15-18-13-7-11(16(19)20)12(17)8-14(13)21-15/h7-10H,2-6H2,1H3,(H,19,20). The van der Waals surface area contributed by atoms with E-state index in [1.54, 1.807) is 17.4 Å². The number of hydrogen-bond acceptors (Lipinski definition) is 3. The van der Waals surface area contributed by atoms with E-state index in [2.05, 4.69) is 22.9 Å². The molecule has 1 aliphatic rings. The lowest BCUT2D eigenvalue weighted by molar-refractivity contribution is 0.0696. The van der Waals surface area contributed by atoms with Crippen molar-refractivity contribution in [3.8, 4) is 0 Å². The number of thiazole rings is 1. The van der Waals surface area contributed by atoms with Gasteiger partial charge in [0.25, 0.3) is 0 Å². The Kier molecular flexibility index (Phi) is 4.31. The molecule has 0 bridgehead atoms. The number of carboxylic acids is 1. The maximum absolute atomic E-state index is 11.2. The first-order valence-electron chi connectivity index (χ1n) is 7.41. The maximum atomic E-state index is 11.2. The van der Waals surface area contributed by atoms with Crippen molar-refractivity contribution >= 4 is 43.5 Å². The average Bonchev–Trinajstić information content (AvgIpc) is 2.89. The summed E-state index contributed by atoms with van der Waals surface area (Å²) in [6.07, 6.45) is 6.29. The molecule has 0 amide bonds. The summed E-state index contributed by atoms with van der Waals surface area (Å²) in [7, 11) is 0. The van der Waals surface area contributed by atoms with Gasteiger partial charge in [-0.15, -0.1) is 11.3 Å². The molecule has 0 aliphatic heterocycles. The van der Waals surface area contributed by atoms with E-state index in [1.807, 2.05) is 6.07 Å². The van der Waals surface area contributed by atoms with Crippen LogP contribution in [0, 0.1) is 5.92 Å². The number of rotatable bonds is 3. The Morgan fingerprint density at radius 3 is 2.71 bits per heavy atom. The molecule has 1 N–H and O–H groups in total. The number of aromatic carboxylic acids is 1. The summed E-state index contributed by atoms with van der Waals surface area (Å²) in [5, 5.41) is 10.4. The van der Waals surface area contributed by atoms with Gasteiger partial charge in [-0.1, -0.05) is 13.3 Å². The highest BCUT2D eigenvalue weighted by atomic mass is 79.9. The van der Waals surface area contributed by atoms with E-state index in [0.29, 0.717) is 10.4 Å². The Balaban J connectivity index is 1.89. The smallest absolute Gasteiger partial charge is 0.336 e. The van der Waals surface area contributed by atoms with E-state index in [-0.39, 0.29) is 5.56 Å². The lowest BCUT2D eigenvalue weighted by Gasteiger charge is -2.26. The van der Waals surface area contributed by atoms with Gasteiger partial charge in [0.2, 0.25) is 0 Å². The van der Waals surface area contributed by atoms with Gasteiger partial charge in [0.05, 0.1) is 20.8 Å². The normalized spacial score (nSPS) is 22.6. The largest absolute Gasteiger partial charge is 0.478 e. The fourth-order valence-electron chi connectivity index (χ4n) is 3.12. The molecule has 0 radical (unpaired) electrons. The molecule has 1 saturated carbocycles. The molecule has 2 aromatic rings. The Morgan fingerprint density at radius 1 is 1.38 bits per heavy atom. The van der Waals surface area contributed by atoms with Crippen LogP contribution in [0.2, 0.25) is 0 Å². The molecular formula is C16H18BrNO2S. The van der Waals surface area contributed by atoms with Crippen LogP contribution in [-0.2, 0) is 0 Å². The van der Waals surface area contributed by atoms with Crippen molar-refractivity contribution in [2.45, 2.75) is 44.9 Å². The highest BCUT2D eigenvalue weighted by Gasteiger charge is 2.24. The fraction of sp³-hybridized carbons (Fsp3) is 0.500. The molecule has 1 heterocycles. The third-order valence-electron chi connectivity index (χ3n) is 4.50. The van der Waals surface area contributed by atoms with E-state index in [4.69, 9.17) is 4.98 Å². The minimum Gasteiger partial charge on any atom is -0.478 e. The first-order valence-corrected chi connectivity index (χ1v) is 9.02. The SMILES string of the molecule is CCC1CCC(c2nc3cc(C(=O)O)c(Br)cc3s2)CC1. The summed E-state index contributed by atoms with van der Waals surface area (Å²) in [6, 6.07) is 3.57. The lowest BCUT2D eigenvalue weighted by atomic mass is 9.81. The van der Waals surface area contributed by atoms with Gasteiger partial charge in [0.15, 0.2) is 0 Å². The van der Waals surface area contributed by atoms with Crippen molar-refractivity contribution < 1.29 is 9.90 Å². The molecular weight excluding hydrogens is 350 g/mol. The van der Waals surface area contributed by atoms with Gasteiger partial charge in [0.1, 0.15) is 0 Å². The molecule has 112 valence electrons. The van der Waals surface area contributed by atoms with E-state index < -0.39 is 5.97 Å². The van der Waals surface area contributed by atoms with E-state index in [1.165, 1.54) is 37.1 Å².